The monoisotopic (exact) mass is 332 g/mol. The molecule has 1 aliphatic carbocycles. The zero-order chi connectivity index (χ0) is 17.2. The van der Waals surface area contributed by atoms with Crippen molar-refractivity contribution in [2.45, 2.75) is 72.6 Å². The minimum Gasteiger partial charge on any atom is -0.316 e. The zero-order valence-electron chi connectivity index (χ0n) is 15.0. The van der Waals surface area contributed by atoms with Crippen LogP contribution in [0.1, 0.15) is 82.2 Å². The summed E-state index contributed by atoms with van der Waals surface area (Å²) in [5.74, 6) is 0.581. The molecule has 1 unspecified atom stereocenters. The van der Waals surface area contributed by atoms with E-state index in [1.54, 1.807) is 11.3 Å². The Labute approximate surface area is 144 Å². The fourth-order valence-corrected chi connectivity index (χ4v) is 5.05. The van der Waals surface area contributed by atoms with E-state index in [4.69, 9.17) is 0 Å². The first kappa shape index (κ1) is 18.0. The van der Waals surface area contributed by atoms with Crippen molar-refractivity contribution in [3.8, 4) is 6.07 Å². The van der Waals surface area contributed by atoms with Crippen LogP contribution in [-0.2, 0) is 11.2 Å². The van der Waals surface area contributed by atoms with E-state index in [1.807, 2.05) is 13.8 Å². The molecule has 3 nitrogen and oxygen atoms in total. The van der Waals surface area contributed by atoms with Crippen LogP contribution in [0.15, 0.2) is 0 Å². The van der Waals surface area contributed by atoms with Crippen LogP contribution >= 0.6 is 11.3 Å². The summed E-state index contributed by atoms with van der Waals surface area (Å²) >= 11 is 1.64. The van der Waals surface area contributed by atoms with E-state index >= 15 is 0 Å². The van der Waals surface area contributed by atoms with Gasteiger partial charge in [-0.1, -0.05) is 41.0 Å². The lowest BCUT2D eigenvalue weighted by Gasteiger charge is -2.30. The third-order valence-electron chi connectivity index (χ3n) is 5.60. The Morgan fingerprint density at radius 2 is 2.04 bits per heavy atom. The van der Waals surface area contributed by atoms with Gasteiger partial charge < -0.3 is 5.32 Å². The fraction of sp³-hybridized carbons (Fsp3) is 0.684. The smallest absolute Gasteiger partial charge is 0.228 e. The summed E-state index contributed by atoms with van der Waals surface area (Å²) in [5, 5.41) is 13.4. The number of nitrogens with zero attached hydrogens (tertiary/aromatic N) is 1. The normalized spacial score (nSPS) is 17.2. The van der Waals surface area contributed by atoms with Gasteiger partial charge in [0.2, 0.25) is 5.91 Å². The Bertz CT molecular complexity index is 620. The Morgan fingerprint density at radius 1 is 1.39 bits per heavy atom. The number of nitrogens with one attached hydrogen (secondary N) is 1. The lowest BCUT2D eigenvalue weighted by molar-refractivity contribution is -0.120. The van der Waals surface area contributed by atoms with Gasteiger partial charge in [-0.25, -0.2) is 0 Å². The Kier molecular flexibility index (Phi) is 5.52. The molecule has 4 heteroatoms. The molecule has 0 bridgehead atoms. The van der Waals surface area contributed by atoms with Gasteiger partial charge in [0, 0.05) is 10.8 Å². The third-order valence-corrected chi connectivity index (χ3v) is 6.86. The molecule has 0 spiro atoms. The molecule has 1 aliphatic rings. The van der Waals surface area contributed by atoms with Crippen molar-refractivity contribution in [1.29, 1.82) is 5.26 Å². The van der Waals surface area contributed by atoms with Gasteiger partial charge in [-0.15, -0.1) is 11.3 Å². The number of rotatable bonds is 6. The van der Waals surface area contributed by atoms with E-state index in [2.05, 4.69) is 32.2 Å². The third kappa shape index (κ3) is 3.30. The number of thiophene rings is 1. The van der Waals surface area contributed by atoms with Crippen molar-refractivity contribution < 1.29 is 4.79 Å². The number of carbonyl (C=O) groups is 1. The summed E-state index contributed by atoms with van der Waals surface area (Å²) in [6, 6.07) is 2.34. The maximum atomic E-state index is 12.4. The number of anilines is 1. The maximum Gasteiger partial charge on any atom is 0.228 e. The topological polar surface area (TPSA) is 52.9 Å². The zero-order valence-corrected chi connectivity index (χ0v) is 15.8. The van der Waals surface area contributed by atoms with Gasteiger partial charge in [-0.3, -0.25) is 4.79 Å². The van der Waals surface area contributed by atoms with Crippen molar-refractivity contribution in [2.75, 3.05) is 5.32 Å². The van der Waals surface area contributed by atoms with Crippen LogP contribution in [0.25, 0.3) is 0 Å². The lowest BCUT2D eigenvalue weighted by atomic mass is 9.76. The van der Waals surface area contributed by atoms with E-state index in [0.717, 1.165) is 37.1 Å². The molecule has 0 saturated carbocycles. The predicted molar refractivity (Wildman–Crippen MR) is 96.9 cm³/mol. The quantitative estimate of drug-likeness (QED) is 0.752. The van der Waals surface area contributed by atoms with Crippen molar-refractivity contribution in [3.05, 3.63) is 16.0 Å². The molecule has 126 valence electrons. The summed E-state index contributed by atoms with van der Waals surface area (Å²) in [4.78, 5) is 13.7. The van der Waals surface area contributed by atoms with Gasteiger partial charge >= 0.3 is 0 Å². The molecule has 23 heavy (non-hydrogen) atoms. The van der Waals surface area contributed by atoms with Crippen molar-refractivity contribution in [3.63, 3.8) is 0 Å². The average molecular weight is 333 g/mol. The molecule has 1 aromatic rings. The number of carbonyl (C=O) groups excluding carboxylic acids is 1. The second kappa shape index (κ2) is 7.05. The van der Waals surface area contributed by atoms with Gasteiger partial charge in [0.25, 0.3) is 0 Å². The molecule has 1 aromatic heterocycles. The average Bonchev–Trinajstić information content (AvgIpc) is 3.06. The summed E-state index contributed by atoms with van der Waals surface area (Å²) in [6.07, 6.45) is 4.87. The second-order valence-corrected chi connectivity index (χ2v) is 8.25. The first-order chi connectivity index (χ1) is 10.9. The summed E-state index contributed by atoms with van der Waals surface area (Å²) in [6.45, 7) is 10.9. The SMILES string of the molecule is CCC(CC)C(=O)Nc1sc2c(c1C#N)CCC2C(C)(C)CC. The number of fused-ring (bicyclic) bond motifs is 1. The molecule has 0 aliphatic heterocycles. The highest BCUT2D eigenvalue weighted by Crippen LogP contribution is 2.52. The molecular weight excluding hydrogens is 304 g/mol. The minimum atomic E-state index is 0.0290. The van der Waals surface area contributed by atoms with Crippen LogP contribution in [0.3, 0.4) is 0 Å². The van der Waals surface area contributed by atoms with Gasteiger partial charge in [-0.05, 0) is 42.6 Å². The first-order valence-electron chi connectivity index (χ1n) is 8.76. The molecule has 1 amide bonds. The van der Waals surface area contributed by atoms with Crippen LogP contribution in [0.5, 0.6) is 0 Å². The highest BCUT2D eigenvalue weighted by Gasteiger charge is 2.38. The molecule has 0 saturated heterocycles. The van der Waals surface area contributed by atoms with E-state index in [9.17, 15) is 10.1 Å². The molecule has 0 radical (unpaired) electrons. The van der Waals surface area contributed by atoms with Crippen LogP contribution in [-0.4, -0.2) is 5.91 Å². The molecule has 1 heterocycles. The standard InChI is InChI=1S/C19H28N2OS/c1-6-12(7-2)17(22)21-18-14(11-20)13-9-10-15(16(13)23-18)19(4,5)8-3/h12,15H,6-10H2,1-5H3,(H,21,22). The largest absolute Gasteiger partial charge is 0.316 e. The fourth-order valence-electron chi connectivity index (χ4n) is 3.50. The molecule has 1 atom stereocenters. The first-order valence-corrected chi connectivity index (χ1v) is 9.57. The maximum absolute atomic E-state index is 12.4. The number of hydrogen-bond donors (Lipinski definition) is 1. The second-order valence-electron chi connectivity index (χ2n) is 7.20. The molecular formula is C19H28N2OS. The van der Waals surface area contributed by atoms with Gasteiger partial charge in [-0.2, -0.15) is 5.26 Å². The summed E-state index contributed by atoms with van der Waals surface area (Å²) in [7, 11) is 0. The van der Waals surface area contributed by atoms with Gasteiger partial charge in [0.15, 0.2) is 0 Å². The van der Waals surface area contributed by atoms with Crippen molar-refractivity contribution in [2.24, 2.45) is 11.3 Å². The molecule has 0 fully saturated rings. The van der Waals surface area contributed by atoms with E-state index < -0.39 is 0 Å². The number of amides is 1. The van der Waals surface area contributed by atoms with Gasteiger partial charge in [0.05, 0.1) is 5.56 Å². The highest BCUT2D eigenvalue weighted by atomic mass is 32.1. The Hall–Kier alpha value is -1.34. The lowest BCUT2D eigenvalue weighted by Crippen LogP contribution is -2.21. The Balaban J connectivity index is 2.33. The van der Waals surface area contributed by atoms with E-state index in [-0.39, 0.29) is 17.2 Å². The number of nitriles is 1. The van der Waals surface area contributed by atoms with Crippen LogP contribution in [0.2, 0.25) is 0 Å². The highest BCUT2D eigenvalue weighted by molar-refractivity contribution is 7.16. The van der Waals surface area contributed by atoms with Crippen LogP contribution in [0, 0.1) is 22.7 Å². The summed E-state index contributed by atoms with van der Waals surface area (Å²) < 4.78 is 0. The van der Waals surface area contributed by atoms with Gasteiger partial charge in [0.1, 0.15) is 11.1 Å². The van der Waals surface area contributed by atoms with Crippen molar-refractivity contribution in [1.82, 2.24) is 0 Å². The minimum absolute atomic E-state index is 0.0290. The Morgan fingerprint density at radius 3 is 2.57 bits per heavy atom. The number of hydrogen-bond acceptors (Lipinski definition) is 3. The molecule has 2 rings (SSSR count). The summed E-state index contributed by atoms with van der Waals surface area (Å²) in [5.41, 5.74) is 2.13. The van der Waals surface area contributed by atoms with Crippen LogP contribution < -0.4 is 5.32 Å². The molecule has 1 N–H and O–H groups in total. The molecule has 0 aromatic carbocycles. The van der Waals surface area contributed by atoms with Crippen molar-refractivity contribution >= 4 is 22.2 Å². The van der Waals surface area contributed by atoms with E-state index in [0.29, 0.717) is 11.5 Å². The predicted octanol–water partition coefficient (Wildman–Crippen LogP) is 5.46. The van der Waals surface area contributed by atoms with E-state index in [1.165, 1.54) is 10.4 Å². The van der Waals surface area contributed by atoms with Crippen LogP contribution in [0.4, 0.5) is 5.00 Å².